The number of aliphatic hydroxyl groups is 1. The summed E-state index contributed by atoms with van der Waals surface area (Å²) in [5, 5.41) is 23.2. The van der Waals surface area contributed by atoms with Gasteiger partial charge in [0.2, 0.25) is 0 Å². The molecule has 0 saturated heterocycles. The second-order valence-corrected chi connectivity index (χ2v) is 4.27. The number of hydrogen-bond donors (Lipinski definition) is 2. The van der Waals surface area contributed by atoms with Crippen LogP contribution in [0.5, 0.6) is 5.75 Å². The minimum absolute atomic E-state index is 0.00626. The van der Waals surface area contributed by atoms with Gasteiger partial charge in [0.05, 0.1) is 18.1 Å². The second kappa shape index (κ2) is 6.20. The summed E-state index contributed by atoms with van der Waals surface area (Å²) in [7, 11) is 1.50. The molecule has 0 fully saturated rings. The number of rotatable bonds is 6. The quantitative estimate of drug-likeness (QED) is 0.600. The molecule has 2 N–H and O–H groups in total. The summed E-state index contributed by atoms with van der Waals surface area (Å²) in [6.45, 7) is 3.54. The molecule has 0 aliphatic carbocycles. The number of nitro groups is 1. The minimum atomic E-state index is -0.461. The van der Waals surface area contributed by atoms with E-state index in [1.54, 1.807) is 19.1 Å². The topological polar surface area (TPSA) is 84.6 Å². The van der Waals surface area contributed by atoms with Gasteiger partial charge in [-0.1, -0.05) is 0 Å². The molecule has 6 nitrogen and oxygen atoms in total. The number of aliphatic hydroxyl groups excluding tert-OH is 1. The van der Waals surface area contributed by atoms with Gasteiger partial charge >= 0.3 is 0 Å². The molecular formula is C12H18N2O4. The van der Waals surface area contributed by atoms with E-state index in [1.165, 1.54) is 13.2 Å². The molecule has 0 heterocycles. The Morgan fingerprint density at radius 3 is 2.67 bits per heavy atom. The van der Waals surface area contributed by atoms with Crippen LogP contribution < -0.4 is 10.1 Å². The Labute approximate surface area is 106 Å². The van der Waals surface area contributed by atoms with Crippen LogP contribution in [0.25, 0.3) is 0 Å². The molecular weight excluding hydrogens is 236 g/mol. The van der Waals surface area contributed by atoms with E-state index in [4.69, 9.17) is 4.74 Å². The number of nitrogens with zero attached hydrogens (tertiary/aromatic N) is 1. The van der Waals surface area contributed by atoms with Crippen molar-refractivity contribution in [2.45, 2.75) is 32.4 Å². The van der Waals surface area contributed by atoms with Gasteiger partial charge in [0.1, 0.15) is 11.4 Å². The van der Waals surface area contributed by atoms with Crippen LogP contribution in [0, 0.1) is 10.1 Å². The molecule has 0 bridgehead atoms. The molecule has 2 atom stereocenters. The Kier molecular flexibility index (Phi) is 4.91. The molecule has 1 rings (SSSR count). The highest BCUT2D eigenvalue weighted by Gasteiger charge is 2.17. The van der Waals surface area contributed by atoms with Gasteiger partial charge in [-0.15, -0.1) is 0 Å². The van der Waals surface area contributed by atoms with Crippen LogP contribution >= 0.6 is 0 Å². The van der Waals surface area contributed by atoms with Gasteiger partial charge in [0.25, 0.3) is 5.69 Å². The SMILES string of the molecule is COc1ccc([N+](=O)[O-])c(NC(C)CC(C)O)c1. The van der Waals surface area contributed by atoms with Crippen molar-refractivity contribution in [2.75, 3.05) is 12.4 Å². The minimum Gasteiger partial charge on any atom is -0.497 e. The van der Waals surface area contributed by atoms with E-state index in [-0.39, 0.29) is 11.7 Å². The van der Waals surface area contributed by atoms with Gasteiger partial charge in [-0.2, -0.15) is 0 Å². The van der Waals surface area contributed by atoms with Crippen LogP contribution in [0.1, 0.15) is 20.3 Å². The average molecular weight is 254 g/mol. The van der Waals surface area contributed by atoms with Crippen molar-refractivity contribution < 1.29 is 14.8 Å². The van der Waals surface area contributed by atoms with Crippen LogP contribution in [0.2, 0.25) is 0 Å². The summed E-state index contributed by atoms with van der Waals surface area (Å²) < 4.78 is 5.04. The largest absolute Gasteiger partial charge is 0.497 e. The fourth-order valence-electron chi connectivity index (χ4n) is 1.75. The third kappa shape index (κ3) is 3.89. The van der Waals surface area contributed by atoms with E-state index in [9.17, 15) is 15.2 Å². The fraction of sp³-hybridized carbons (Fsp3) is 0.500. The maximum absolute atomic E-state index is 10.9. The predicted molar refractivity (Wildman–Crippen MR) is 69.0 cm³/mol. The first-order chi connectivity index (χ1) is 8.43. The number of nitrogens with one attached hydrogen (secondary N) is 1. The lowest BCUT2D eigenvalue weighted by molar-refractivity contribution is -0.384. The highest BCUT2D eigenvalue weighted by molar-refractivity contribution is 5.64. The zero-order valence-electron chi connectivity index (χ0n) is 10.7. The first kappa shape index (κ1) is 14.2. The Morgan fingerprint density at radius 2 is 2.17 bits per heavy atom. The lowest BCUT2D eigenvalue weighted by Gasteiger charge is -2.17. The first-order valence-corrected chi connectivity index (χ1v) is 5.71. The van der Waals surface area contributed by atoms with E-state index in [0.29, 0.717) is 17.9 Å². The smallest absolute Gasteiger partial charge is 0.292 e. The number of anilines is 1. The monoisotopic (exact) mass is 254 g/mol. The average Bonchev–Trinajstić information content (AvgIpc) is 2.27. The first-order valence-electron chi connectivity index (χ1n) is 5.71. The predicted octanol–water partition coefficient (Wildman–Crippen LogP) is 2.17. The third-order valence-electron chi connectivity index (χ3n) is 2.50. The maximum atomic E-state index is 10.9. The van der Waals surface area contributed by atoms with Gasteiger partial charge < -0.3 is 15.2 Å². The van der Waals surface area contributed by atoms with E-state index >= 15 is 0 Å². The van der Waals surface area contributed by atoms with Crippen molar-refractivity contribution >= 4 is 11.4 Å². The van der Waals surface area contributed by atoms with Gasteiger partial charge in [-0.25, -0.2) is 0 Å². The molecule has 0 aliphatic heterocycles. The van der Waals surface area contributed by atoms with Crippen molar-refractivity contribution in [1.29, 1.82) is 0 Å². The Morgan fingerprint density at radius 1 is 1.50 bits per heavy atom. The van der Waals surface area contributed by atoms with Crippen molar-refractivity contribution in [3.05, 3.63) is 28.3 Å². The normalized spacial score (nSPS) is 13.8. The van der Waals surface area contributed by atoms with Gasteiger partial charge in [0.15, 0.2) is 0 Å². The van der Waals surface area contributed by atoms with Crippen molar-refractivity contribution in [3.8, 4) is 5.75 Å². The highest BCUT2D eigenvalue weighted by Crippen LogP contribution is 2.29. The van der Waals surface area contributed by atoms with E-state index in [0.717, 1.165) is 0 Å². The fourth-order valence-corrected chi connectivity index (χ4v) is 1.75. The van der Waals surface area contributed by atoms with Crippen LogP contribution in [0.4, 0.5) is 11.4 Å². The van der Waals surface area contributed by atoms with Crippen LogP contribution in [-0.2, 0) is 0 Å². The summed E-state index contributed by atoms with van der Waals surface area (Å²) in [6, 6.07) is 4.45. The van der Waals surface area contributed by atoms with Crippen LogP contribution in [-0.4, -0.2) is 29.3 Å². The molecule has 1 aromatic rings. The molecule has 0 spiro atoms. The van der Waals surface area contributed by atoms with Crippen molar-refractivity contribution in [1.82, 2.24) is 0 Å². The molecule has 2 unspecified atom stereocenters. The number of nitro benzene ring substituents is 1. The Bertz CT molecular complexity index is 421. The molecule has 100 valence electrons. The highest BCUT2D eigenvalue weighted by atomic mass is 16.6. The summed E-state index contributed by atoms with van der Waals surface area (Å²) in [6.07, 6.45) is 0.0473. The molecule has 0 saturated carbocycles. The van der Waals surface area contributed by atoms with E-state index in [1.807, 2.05) is 6.92 Å². The van der Waals surface area contributed by atoms with E-state index in [2.05, 4.69) is 5.32 Å². The third-order valence-corrected chi connectivity index (χ3v) is 2.50. The Hall–Kier alpha value is -1.82. The second-order valence-electron chi connectivity index (χ2n) is 4.27. The molecule has 18 heavy (non-hydrogen) atoms. The lowest BCUT2D eigenvalue weighted by atomic mass is 10.1. The lowest BCUT2D eigenvalue weighted by Crippen LogP contribution is -2.21. The molecule has 0 aromatic heterocycles. The summed E-state index contributed by atoms with van der Waals surface area (Å²) in [5.74, 6) is 0.548. The standard InChI is InChI=1S/C12H18N2O4/c1-8(6-9(2)15)13-11-7-10(18-3)4-5-12(11)14(16)17/h4-5,7-9,13,15H,6H2,1-3H3. The zero-order chi connectivity index (χ0) is 13.7. The summed E-state index contributed by atoms with van der Waals surface area (Å²) in [5.41, 5.74) is 0.390. The zero-order valence-corrected chi connectivity index (χ0v) is 10.7. The van der Waals surface area contributed by atoms with Gasteiger partial charge in [0, 0.05) is 18.2 Å². The number of benzene rings is 1. The number of hydrogen-bond acceptors (Lipinski definition) is 5. The summed E-state index contributed by atoms with van der Waals surface area (Å²) >= 11 is 0. The van der Waals surface area contributed by atoms with Gasteiger partial charge in [-0.3, -0.25) is 10.1 Å². The molecule has 6 heteroatoms. The summed E-state index contributed by atoms with van der Waals surface area (Å²) in [4.78, 5) is 10.5. The molecule has 0 amide bonds. The Balaban J connectivity index is 2.93. The van der Waals surface area contributed by atoms with Crippen LogP contribution in [0.15, 0.2) is 18.2 Å². The van der Waals surface area contributed by atoms with E-state index < -0.39 is 11.0 Å². The number of methoxy groups -OCH3 is 1. The van der Waals surface area contributed by atoms with Gasteiger partial charge in [-0.05, 0) is 26.3 Å². The molecule has 0 radical (unpaired) electrons. The maximum Gasteiger partial charge on any atom is 0.292 e. The van der Waals surface area contributed by atoms with Crippen molar-refractivity contribution in [2.24, 2.45) is 0 Å². The molecule has 1 aromatic carbocycles. The van der Waals surface area contributed by atoms with Crippen molar-refractivity contribution in [3.63, 3.8) is 0 Å². The van der Waals surface area contributed by atoms with Crippen LogP contribution in [0.3, 0.4) is 0 Å². The molecule has 0 aliphatic rings. The number of ether oxygens (including phenoxy) is 1.